The first-order valence-corrected chi connectivity index (χ1v) is 20.6. The first kappa shape index (κ1) is 45.9. The third-order valence-electron chi connectivity index (χ3n) is 10.3. The summed E-state index contributed by atoms with van der Waals surface area (Å²) in [6.45, 7) is 18.5. The van der Waals surface area contributed by atoms with Gasteiger partial charge in [-0.15, -0.1) is 0 Å². The molecule has 0 spiro atoms. The molecule has 326 valence electrons. The quantitative estimate of drug-likeness (QED) is 0.119. The summed E-state index contributed by atoms with van der Waals surface area (Å²) in [4.78, 5) is 0. The fraction of sp³-hybridized carbons (Fsp3) is 0.950. The second-order valence-corrected chi connectivity index (χ2v) is 16.3. The van der Waals surface area contributed by atoms with E-state index in [9.17, 15) is 5.11 Å². The zero-order chi connectivity index (χ0) is 40.7. The highest BCUT2D eigenvalue weighted by Crippen LogP contribution is 2.43. The van der Waals surface area contributed by atoms with Crippen LogP contribution in [0.3, 0.4) is 0 Å². The van der Waals surface area contributed by atoms with Gasteiger partial charge in [0.2, 0.25) is 6.29 Å². The van der Waals surface area contributed by atoms with Crippen molar-refractivity contribution in [3.05, 3.63) is 12.0 Å². The van der Waals surface area contributed by atoms with Crippen molar-refractivity contribution in [2.45, 2.75) is 198 Å². The standard InChI is InChI=1S/C40H70O16/c1-12-15-18-44-25-22-47-36(32(46-20-17-14-3)27(25)45-19-16-13-2)51-33-31-29(53-39(6,7)55-31)24(21-41)49-37(33)50-28(26-23-48-38(4,5)52-26)30-34(35(42-10)43-11)56-40(8,9)54-30/h22,24,26-37,41H,12-21,23H2,1-11H3/t24?,26?,27?,28-,29+,30?,31?,32?,33?,34?,36+,37+/m1/s1. The van der Waals surface area contributed by atoms with E-state index in [1.807, 2.05) is 27.7 Å². The molecule has 12 atom stereocenters. The van der Waals surface area contributed by atoms with Crippen LogP contribution < -0.4 is 0 Å². The third-order valence-corrected chi connectivity index (χ3v) is 10.3. The van der Waals surface area contributed by atoms with E-state index in [4.69, 9.17) is 71.1 Å². The highest BCUT2D eigenvalue weighted by atomic mass is 16.8. The number of rotatable bonds is 22. The van der Waals surface area contributed by atoms with E-state index in [1.165, 1.54) is 14.2 Å². The molecule has 0 radical (unpaired) electrons. The molecule has 0 aromatic heterocycles. The van der Waals surface area contributed by atoms with Crippen molar-refractivity contribution in [3.63, 3.8) is 0 Å². The largest absolute Gasteiger partial charge is 0.492 e. The summed E-state index contributed by atoms with van der Waals surface area (Å²) in [7, 11) is 3.06. The maximum absolute atomic E-state index is 10.7. The Morgan fingerprint density at radius 2 is 1.36 bits per heavy atom. The number of fused-ring (bicyclic) bond motifs is 1. The number of unbranched alkanes of at least 4 members (excludes halogenated alkanes) is 3. The highest BCUT2D eigenvalue weighted by molar-refractivity contribution is 5.07. The van der Waals surface area contributed by atoms with Gasteiger partial charge in [-0.3, -0.25) is 0 Å². The van der Waals surface area contributed by atoms with Gasteiger partial charge in [-0.1, -0.05) is 40.0 Å². The van der Waals surface area contributed by atoms with Crippen molar-refractivity contribution < 1.29 is 76.2 Å². The van der Waals surface area contributed by atoms with Crippen molar-refractivity contribution in [3.8, 4) is 0 Å². The minimum absolute atomic E-state index is 0.178. The maximum Gasteiger partial charge on any atom is 0.229 e. The predicted molar refractivity (Wildman–Crippen MR) is 199 cm³/mol. The molecule has 16 heteroatoms. The molecule has 0 aliphatic carbocycles. The van der Waals surface area contributed by atoms with Gasteiger partial charge in [0.05, 0.1) is 19.8 Å². The van der Waals surface area contributed by atoms with Crippen molar-refractivity contribution >= 4 is 0 Å². The number of aliphatic hydroxyl groups excluding tert-OH is 1. The zero-order valence-electron chi connectivity index (χ0n) is 35.4. The normalized spacial score (nSPS) is 36.7. The molecule has 16 nitrogen and oxygen atoms in total. The molecule has 0 bridgehead atoms. The Morgan fingerprint density at radius 1 is 0.732 bits per heavy atom. The van der Waals surface area contributed by atoms with Gasteiger partial charge in [0, 0.05) is 27.4 Å². The summed E-state index contributed by atoms with van der Waals surface area (Å²) < 4.78 is 95.8. The molecule has 5 rings (SSSR count). The smallest absolute Gasteiger partial charge is 0.229 e. The number of methoxy groups -OCH3 is 2. The Balaban J connectivity index is 1.53. The van der Waals surface area contributed by atoms with E-state index in [1.54, 1.807) is 20.1 Å². The highest BCUT2D eigenvalue weighted by Gasteiger charge is 2.60. The molecule has 5 heterocycles. The molecule has 4 saturated heterocycles. The van der Waals surface area contributed by atoms with Gasteiger partial charge >= 0.3 is 0 Å². The van der Waals surface area contributed by atoms with Crippen molar-refractivity contribution in [1.82, 2.24) is 0 Å². The van der Waals surface area contributed by atoms with E-state index < -0.39 is 97.3 Å². The van der Waals surface area contributed by atoms with Crippen molar-refractivity contribution in [1.29, 1.82) is 0 Å². The van der Waals surface area contributed by atoms with Crippen LogP contribution in [0.25, 0.3) is 0 Å². The van der Waals surface area contributed by atoms with Gasteiger partial charge in [-0.05, 0) is 60.8 Å². The van der Waals surface area contributed by atoms with Crippen LogP contribution in [-0.2, 0) is 71.1 Å². The van der Waals surface area contributed by atoms with E-state index in [0.29, 0.717) is 25.6 Å². The van der Waals surface area contributed by atoms with Crippen LogP contribution in [0, 0.1) is 0 Å². The van der Waals surface area contributed by atoms with Gasteiger partial charge < -0.3 is 76.2 Å². The fourth-order valence-corrected chi connectivity index (χ4v) is 7.65. The summed E-state index contributed by atoms with van der Waals surface area (Å²) in [6, 6.07) is 0. The molecule has 4 fully saturated rings. The van der Waals surface area contributed by atoms with Crippen LogP contribution in [-0.4, -0.2) is 150 Å². The van der Waals surface area contributed by atoms with Gasteiger partial charge in [0.25, 0.3) is 0 Å². The molecule has 0 amide bonds. The average Bonchev–Trinajstić information content (AvgIpc) is 3.79. The van der Waals surface area contributed by atoms with Crippen LogP contribution in [0.4, 0.5) is 0 Å². The van der Waals surface area contributed by atoms with E-state index in [2.05, 4.69) is 20.8 Å². The molecule has 8 unspecified atom stereocenters. The second-order valence-electron chi connectivity index (χ2n) is 16.3. The summed E-state index contributed by atoms with van der Waals surface area (Å²) in [5.74, 6) is -2.44. The van der Waals surface area contributed by atoms with Crippen LogP contribution >= 0.6 is 0 Å². The van der Waals surface area contributed by atoms with E-state index in [-0.39, 0.29) is 13.2 Å². The SMILES string of the molecule is CCCCOC1=CO[C@@H](OC2C3OC(C)(C)O[C@H]3C(CO)O[C@H]2O[C@H](C2COC(C)(C)O2)C2OC(C)(C)OC2C(OC)OC)C(OCCCC)C1OCCCC. The first-order chi connectivity index (χ1) is 26.7. The van der Waals surface area contributed by atoms with E-state index in [0.717, 1.165) is 38.5 Å². The summed E-state index contributed by atoms with van der Waals surface area (Å²) in [6.07, 6.45) is -3.81. The molecule has 0 saturated carbocycles. The van der Waals surface area contributed by atoms with Crippen LogP contribution in [0.15, 0.2) is 12.0 Å². The number of hydrogen-bond acceptors (Lipinski definition) is 16. The average molecular weight is 807 g/mol. The number of ether oxygens (including phenoxy) is 15. The Labute approximate surface area is 333 Å². The molecule has 0 aromatic carbocycles. The summed E-state index contributed by atoms with van der Waals surface area (Å²) in [5, 5.41) is 10.7. The third kappa shape index (κ3) is 11.3. The van der Waals surface area contributed by atoms with Gasteiger partial charge in [-0.25, -0.2) is 0 Å². The van der Waals surface area contributed by atoms with E-state index >= 15 is 0 Å². The lowest BCUT2D eigenvalue weighted by Crippen LogP contribution is -2.63. The molecule has 5 aliphatic rings. The minimum atomic E-state index is -1.19. The zero-order valence-corrected chi connectivity index (χ0v) is 35.4. The molecule has 0 aromatic rings. The lowest BCUT2D eigenvalue weighted by molar-refractivity contribution is -0.350. The van der Waals surface area contributed by atoms with Crippen LogP contribution in [0.1, 0.15) is 101 Å². The van der Waals surface area contributed by atoms with Gasteiger partial charge in [-0.2, -0.15) is 0 Å². The predicted octanol–water partition coefficient (Wildman–Crippen LogP) is 4.67. The first-order valence-electron chi connectivity index (χ1n) is 20.6. The van der Waals surface area contributed by atoms with Crippen LogP contribution in [0.2, 0.25) is 0 Å². The maximum atomic E-state index is 10.7. The fourth-order valence-electron chi connectivity index (χ4n) is 7.65. The molecule has 56 heavy (non-hydrogen) atoms. The Bertz CT molecular complexity index is 1210. The lowest BCUT2D eigenvalue weighted by atomic mass is 9.97. The summed E-state index contributed by atoms with van der Waals surface area (Å²) >= 11 is 0. The second kappa shape index (κ2) is 20.4. The number of hydrogen-bond donors (Lipinski definition) is 1. The summed E-state index contributed by atoms with van der Waals surface area (Å²) in [5.41, 5.74) is 0. The monoisotopic (exact) mass is 806 g/mol. The van der Waals surface area contributed by atoms with Crippen LogP contribution in [0.5, 0.6) is 0 Å². The topological polar surface area (TPSA) is 159 Å². The number of aliphatic hydroxyl groups is 1. The van der Waals surface area contributed by atoms with Gasteiger partial charge in [0.1, 0.15) is 61.2 Å². The van der Waals surface area contributed by atoms with Crippen molar-refractivity contribution in [2.24, 2.45) is 0 Å². The Morgan fingerprint density at radius 3 is 1.98 bits per heavy atom. The minimum Gasteiger partial charge on any atom is -0.492 e. The molecular formula is C40H70O16. The van der Waals surface area contributed by atoms with Crippen molar-refractivity contribution in [2.75, 3.05) is 47.3 Å². The lowest BCUT2D eigenvalue weighted by Gasteiger charge is -2.46. The molecule has 1 N–H and O–H groups in total. The Hall–Kier alpha value is -1.22. The molecule has 5 aliphatic heterocycles. The van der Waals surface area contributed by atoms with Gasteiger partial charge in [0.15, 0.2) is 41.8 Å². The Kier molecular flexibility index (Phi) is 16.7. The molecular weight excluding hydrogens is 736 g/mol.